The molecule has 0 fully saturated rings. The maximum absolute atomic E-state index is 5.50. The second kappa shape index (κ2) is 9.65. The monoisotopic (exact) mass is 58.1 g/mol. The maximum atomic E-state index is 5.50. The van der Waals surface area contributed by atoms with Gasteiger partial charge in [-0.3, -0.25) is 0 Å². The molecule has 0 aliphatic carbocycles. The minimum atomic E-state index is 2.50. The van der Waals surface area contributed by atoms with Crippen molar-refractivity contribution >= 4 is 13.4 Å². The fraction of sp³-hybridized carbons (Fsp3) is 0. The minimum Gasteiger partial charge on any atom is -0.317 e. The Morgan fingerprint density at radius 1 is 0.750 bits per heavy atom. The van der Waals surface area contributed by atoms with Crippen LogP contribution in [0.2, 0.25) is 0 Å². The fourth-order valence-corrected chi connectivity index (χ4v) is 0. The van der Waals surface area contributed by atoms with Crippen molar-refractivity contribution < 1.29 is 0 Å². The van der Waals surface area contributed by atoms with Gasteiger partial charge in [0, 0.05) is 0 Å². The minimum absolute atomic E-state index is 2.50. The van der Waals surface area contributed by atoms with Crippen LogP contribution in [-0.2, 0) is 0 Å². The highest BCUT2D eigenvalue weighted by Gasteiger charge is 0.557. The lowest BCUT2D eigenvalue weighted by Gasteiger charge is -0.890. The lowest BCUT2D eigenvalue weighted by atomic mass is 11.8. The lowest BCUT2D eigenvalue weighted by molar-refractivity contribution is 1.61. The molecule has 0 amide bonds. The Morgan fingerprint density at radius 3 is 0.750 bits per heavy atom. The summed E-state index contributed by atoms with van der Waals surface area (Å²) in [5.41, 5.74) is 0. The number of hydrogen-bond donors (Lipinski definition) is 2. The van der Waals surface area contributed by atoms with Gasteiger partial charge in [-0.15, -0.1) is 0 Å². The molecule has 0 bridgehead atoms. The Hall–Kier alpha value is -0.660. The smallest absolute Gasteiger partial charge is 0.0187 e. The highest BCUT2D eigenvalue weighted by Crippen LogP contribution is 0.635. The molecule has 4 heavy (non-hydrogen) atoms. The van der Waals surface area contributed by atoms with Gasteiger partial charge < -0.3 is 10.8 Å². The van der Waals surface area contributed by atoms with Gasteiger partial charge in [0.15, 0.2) is 0 Å². The first-order valence-electron chi connectivity index (χ1n) is 0.707. The second-order valence-corrected chi connectivity index (χ2v) is 0. The summed E-state index contributed by atoms with van der Waals surface area (Å²) in [4.78, 5) is 0. The third-order valence-corrected chi connectivity index (χ3v) is 0. The van der Waals surface area contributed by atoms with Gasteiger partial charge in [0.25, 0.3) is 0 Å². The van der Waals surface area contributed by atoms with Crippen LogP contribution in [0.15, 0.2) is 0 Å². The van der Waals surface area contributed by atoms with E-state index in [1.54, 1.807) is 0 Å². The summed E-state index contributed by atoms with van der Waals surface area (Å²) in [6, 6.07) is 0. The van der Waals surface area contributed by atoms with E-state index in [1.165, 1.54) is 0 Å². The molecule has 0 aromatic rings. The molecule has 0 heterocycles. The van der Waals surface area contributed by atoms with Gasteiger partial charge in [0.2, 0.25) is 0 Å². The Labute approximate surface area is 25.5 Å². The Balaban J connectivity index is 0. The molecule has 2 nitrogen and oxygen atoms in total. The summed E-state index contributed by atoms with van der Waals surface area (Å²) in [6.07, 6.45) is 0. The molecule has 0 rings (SSSR count). The normalized spacial score (nSPS) is 2.00. The first-order valence-corrected chi connectivity index (χ1v) is 0.707. The van der Waals surface area contributed by atoms with Crippen molar-refractivity contribution in [3.63, 3.8) is 0 Å². The molecule has 24 valence electrons. The molecule has 0 radical (unpaired) electrons. The van der Waals surface area contributed by atoms with Gasteiger partial charge in [-0.25, -0.2) is 0 Å². The third kappa shape index (κ3) is 0.356. The number of rotatable bonds is 0. The van der Waals surface area contributed by atoms with E-state index in [4.69, 9.17) is 10.8 Å². The molecule has 0 aliphatic heterocycles. The van der Waals surface area contributed by atoms with Crippen LogP contribution < -0.4 is 0 Å². The Bertz CT molecular complexity index is 6.00. The van der Waals surface area contributed by atoms with Crippen LogP contribution in [-0.4, -0.2) is 13.4 Å². The lowest BCUT2D eigenvalue weighted by Crippen LogP contribution is -0.827. The van der Waals surface area contributed by atoms with E-state index in [9.17, 15) is 0 Å². The van der Waals surface area contributed by atoms with Crippen LogP contribution in [0.4, 0.5) is 0 Å². The summed E-state index contributed by atoms with van der Waals surface area (Å²) in [5, 5.41) is 11.0. The van der Waals surface area contributed by atoms with Crippen molar-refractivity contribution in [1.29, 1.82) is 10.8 Å². The van der Waals surface area contributed by atoms with Crippen molar-refractivity contribution in [2.24, 2.45) is 0 Å². The predicted molar refractivity (Wildman–Crippen MR) is 19.7 cm³/mol. The first kappa shape index (κ1) is 10.2. The Morgan fingerprint density at radius 2 is 0.750 bits per heavy atom. The zero-order valence-electron chi connectivity index (χ0n) is 2.41. The van der Waals surface area contributed by atoms with E-state index < -0.39 is 0 Å². The molecule has 0 saturated carbocycles. The zero-order chi connectivity index (χ0) is 4.00. The van der Waals surface area contributed by atoms with E-state index in [2.05, 4.69) is 13.4 Å². The van der Waals surface area contributed by atoms with Gasteiger partial charge in [0.1, 0.15) is 0 Å². The molecule has 0 aliphatic rings. The predicted octanol–water partition coefficient (Wildman–Crippen LogP) is 0.532. The molecular formula is C2H6N2. The summed E-state index contributed by atoms with van der Waals surface area (Å²) in [5.74, 6) is 0. The van der Waals surface area contributed by atoms with E-state index >= 15 is 0 Å². The molecule has 0 spiro atoms. The van der Waals surface area contributed by atoms with Crippen LogP contribution >= 0.6 is 0 Å². The van der Waals surface area contributed by atoms with E-state index in [0.29, 0.717) is 0 Å². The average Bonchev–Trinajstić information content (AvgIpc) is 1.50. The largest absolute Gasteiger partial charge is 0.317 e. The standard InChI is InChI=1S/2CH3N/c2*1-2/h2*2H,1H2. The van der Waals surface area contributed by atoms with E-state index in [0.717, 1.165) is 0 Å². The second-order valence-electron chi connectivity index (χ2n) is 0. The summed E-state index contributed by atoms with van der Waals surface area (Å²) in [6.45, 7) is 5.00. The number of hydrogen-bond acceptors (Lipinski definition) is 2. The van der Waals surface area contributed by atoms with Crippen molar-refractivity contribution in [2.75, 3.05) is 0 Å². The highest BCUT2D eigenvalue weighted by molar-refractivity contribution is 5.16. The van der Waals surface area contributed by atoms with E-state index in [1.807, 2.05) is 0 Å². The summed E-state index contributed by atoms with van der Waals surface area (Å²) >= 11 is 0. The third-order valence-electron chi connectivity index (χ3n) is 0. The molecule has 0 unspecified atom stereocenters. The topological polar surface area (TPSA) is 47.7 Å². The molecule has 2 heteroatoms. The molecule has 0 aromatic carbocycles. The van der Waals surface area contributed by atoms with Gasteiger partial charge in [-0.05, 0) is 13.4 Å². The van der Waals surface area contributed by atoms with Gasteiger partial charge in [0.05, 0.1) is 0 Å². The SMILES string of the molecule is C=N.C=N. The van der Waals surface area contributed by atoms with Crippen molar-refractivity contribution in [1.82, 2.24) is 0 Å². The van der Waals surface area contributed by atoms with Crippen molar-refractivity contribution in [3.8, 4) is 0 Å². The van der Waals surface area contributed by atoms with Gasteiger partial charge in [-0.1, -0.05) is 0 Å². The fourth-order valence-electron chi connectivity index (χ4n) is 0. The van der Waals surface area contributed by atoms with Crippen LogP contribution in [0.1, 0.15) is 0 Å². The molecule has 0 atom stereocenters. The number of nitrogens with one attached hydrogen (secondary N) is 2. The summed E-state index contributed by atoms with van der Waals surface area (Å²) < 4.78 is 0. The quantitative estimate of drug-likeness (QED) is 0.382. The van der Waals surface area contributed by atoms with Gasteiger partial charge in [-0.2, -0.15) is 0 Å². The average molecular weight is 58.1 g/mol. The van der Waals surface area contributed by atoms with Crippen molar-refractivity contribution in [3.05, 3.63) is 0 Å². The van der Waals surface area contributed by atoms with Crippen LogP contribution in [0.25, 0.3) is 0 Å². The Kier molecular flexibility index (Phi) is 24.6. The molecular weight excluding hydrogens is 52.0 g/mol. The van der Waals surface area contributed by atoms with E-state index in [-0.39, 0.29) is 0 Å². The first-order chi connectivity index (χ1) is 2.00. The molecule has 0 aromatic heterocycles. The zero-order valence-corrected chi connectivity index (χ0v) is 2.41. The highest BCUT2D eigenvalue weighted by atomic mass is 14.2. The van der Waals surface area contributed by atoms with Gasteiger partial charge >= 0.3 is 0 Å². The van der Waals surface area contributed by atoms with Crippen molar-refractivity contribution in [2.45, 2.75) is 0 Å². The molecule has 0 saturated heterocycles. The summed E-state index contributed by atoms with van der Waals surface area (Å²) in [7, 11) is 0. The van der Waals surface area contributed by atoms with Crippen LogP contribution in [0, 0.1) is 10.8 Å². The van der Waals surface area contributed by atoms with Crippen LogP contribution in [0.3, 0.4) is 0 Å². The van der Waals surface area contributed by atoms with Crippen LogP contribution in [0.5, 0.6) is 0 Å². The maximum Gasteiger partial charge on any atom is -0.0187 e. The molecule has 2 N–H and O–H groups in total.